The van der Waals surface area contributed by atoms with Crippen LogP contribution in [0.2, 0.25) is 0 Å². The molecule has 1 N–H and O–H groups in total. The number of benzene rings is 1. The van der Waals surface area contributed by atoms with E-state index in [0.717, 1.165) is 12.0 Å². The van der Waals surface area contributed by atoms with Crippen molar-refractivity contribution in [2.75, 3.05) is 13.2 Å². The largest absolute Gasteiger partial charge is 0.425 e. The van der Waals surface area contributed by atoms with Crippen LogP contribution < -0.4 is 10.1 Å². The molecule has 1 saturated heterocycles. The van der Waals surface area contributed by atoms with Crippen LogP contribution >= 0.6 is 0 Å². The Kier molecular flexibility index (Phi) is 4.52. The number of rotatable bonds is 4. The molecule has 19 heavy (non-hydrogen) atoms. The van der Waals surface area contributed by atoms with E-state index in [-0.39, 0.29) is 12.5 Å². The molecule has 1 unspecified atom stereocenters. The van der Waals surface area contributed by atoms with Gasteiger partial charge in [-0.25, -0.2) is 4.79 Å². The smallest absolute Gasteiger partial charge is 0.330 e. The Bertz CT molecular complexity index is 466. The van der Waals surface area contributed by atoms with Gasteiger partial charge >= 0.3 is 5.97 Å². The average Bonchev–Trinajstić information content (AvgIpc) is 2.93. The first-order chi connectivity index (χ1) is 9.16. The predicted octanol–water partition coefficient (Wildman–Crippen LogP) is 1.20. The molecule has 102 valence electrons. The molecule has 5 nitrogen and oxygen atoms in total. The van der Waals surface area contributed by atoms with Crippen LogP contribution in [0.4, 0.5) is 0 Å². The van der Waals surface area contributed by atoms with E-state index in [0.29, 0.717) is 18.8 Å². The van der Waals surface area contributed by atoms with Crippen molar-refractivity contribution in [1.29, 1.82) is 0 Å². The van der Waals surface area contributed by atoms with Crippen LogP contribution in [0.3, 0.4) is 0 Å². The molecule has 0 radical (unpaired) electrons. The topological polar surface area (TPSA) is 64.6 Å². The highest BCUT2D eigenvalue weighted by molar-refractivity contribution is 5.85. The molecule has 1 aliphatic rings. The molecule has 5 heteroatoms. The Morgan fingerprint density at radius 1 is 1.42 bits per heavy atom. The summed E-state index contributed by atoms with van der Waals surface area (Å²) >= 11 is 0. The van der Waals surface area contributed by atoms with Crippen molar-refractivity contribution in [1.82, 2.24) is 5.32 Å². The molecule has 1 heterocycles. The number of nitrogens with one attached hydrogen (secondary N) is 1. The third kappa shape index (κ3) is 3.79. The Labute approximate surface area is 111 Å². The van der Waals surface area contributed by atoms with Gasteiger partial charge < -0.3 is 14.8 Å². The lowest BCUT2D eigenvalue weighted by molar-refractivity contribution is -0.137. The fourth-order valence-electron chi connectivity index (χ4n) is 1.89. The molecular formula is C14H17NO4. The number of carbonyl (C=O) groups excluding carboxylic acids is 2. The minimum atomic E-state index is -0.486. The average molecular weight is 263 g/mol. The summed E-state index contributed by atoms with van der Waals surface area (Å²) in [6.07, 6.45) is 1.16. The van der Waals surface area contributed by atoms with Crippen molar-refractivity contribution in [2.24, 2.45) is 0 Å². The maximum absolute atomic E-state index is 11.6. The molecule has 1 aromatic rings. The number of ether oxygens (including phenoxy) is 2. The van der Waals surface area contributed by atoms with Gasteiger partial charge in [0.05, 0.1) is 0 Å². The molecule has 1 aliphatic heterocycles. The van der Waals surface area contributed by atoms with Gasteiger partial charge in [-0.3, -0.25) is 4.79 Å². The molecule has 1 amide bonds. The van der Waals surface area contributed by atoms with Crippen LogP contribution in [0.1, 0.15) is 18.4 Å². The fourth-order valence-corrected chi connectivity index (χ4v) is 1.89. The molecule has 0 saturated carbocycles. The molecule has 2 rings (SSSR count). The highest BCUT2D eigenvalue weighted by Gasteiger charge is 2.23. The summed E-state index contributed by atoms with van der Waals surface area (Å²) < 4.78 is 10.4. The van der Waals surface area contributed by atoms with Gasteiger partial charge in [0.15, 0.2) is 0 Å². The van der Waals surface area contributed by atoms with Crippen LogP contribution in [-0.2, 0) is 14.3 Å². The highest BCUT2D eigenvalue weighted by atomic mass is 16.5. The highest BCUT2D eigenvalue weighted by Crippen LogP contribution is 2.16. The molecule has 0 aromatic heterocycles. The number of amides is 1. The van der Waals surface area contributed by atoms with Crippen molar-refractivity contribution in [3.8, 4) is 5.75 Å². The summed E-state index contributed by atoms with van der Waals surface area (Å²) in [5, 5.41) is 2.53. The van der Waals surface area contributed by atoms with Crippen LogP contribution in [0.15, 0.2) is 24.3 Å². The summed E-state index contributed by atoms with van der Waals surface area (Å²) in [5.41, 5.74) is 0.876. The second-order valence-electron chi connectivity index (χ2n) is 4.46. The lowest BCUT2D eigenvalue weighted by atomic mass is 10.2. The first-order valence-corrected chi connectivity index (χ1v) is 6.32. The van der Waals surface area contributed by atoms with Crippen molar-refractivity contribution < 1.29 is 19.1 Å². The number of hydrogen-bond donors (Lipinski definition) is 1. The van der Waals surface area contributed by atoms with Gasteiger partial charge in [0.25, 0.3) is 0 Å². The van der Waals surface area contributed by atoms with Crippen LogP contribution in [-0.4, -0.2) is 31.1 Å². The molecular weight excluding hydrogens is 246 g/mol. The maximum atomic E-state index is 11.6. The number of aryl methyl sites for hydroxylation is 1. The Morgan fingerprint density at radius 3 is 2.89 bits per heavy atom. The van der Waals surface area contributed by atoms with Gasteiger partial charge in [0.1, 0.15) is 18.4 Å². The summed E-state index contributed by atoms with van der Waals surface area (Å²) in [6.45, 7) is 2.31. The van der Waals surface area contributed by atoms with Crippen LogP contribution in [0, 0.1) is 6.92 Å². The first-order valence-electron chi connectivity index (χ1n) is 6.32. The predicted molar refractivity (Wildman–Crippen MR) is 68.8 cm³/mol. The number of hydrogen-bond acceptors (Lipinski definition) is 4. The van der Waals surface area contributed by atoms with Gasteiger partial charge in [-0.05, 0) is 31.4 Å². The SMILES string of the molecule is Cc1ccccc1OC(=O)CNC(=O)C1CCCO1. The third-order valence-electron chi connectivity index (χ3n) is 2.95. The van der Waals surface area contributed by atoms with E-state index in [1.165, 1.54) is 0 Å². The third-order valence-corrected chi connectivity index (χ3v) is 2.95. The monoisotopic (exact) mass is 263 g/mol. The van der Waals surface area contributed by atoms with Crippen molar-refractivity contribution in [3.63, 3.8) is 0 Å². The lowest BCUT2D eigenvalue weighted by Crippen LogP contribution is -2.38. The Balaban J connectivity index is 1.78. The van der Waals surface area contributed by atoms with Crippen molar-refractivity contribution >= 4 is 11.9 Å². The summed E-state index contributed by atoms with van der Waals surface area (Å²) in [6, 6.07) is 7.23. The van der Waals surface area contributed by atoms with Gasteiger partial charge in [-0.1, -0.05) is 18.2 Å². The molecule has 0 bridgehead atoms. The van der Waals surface area contributed by atoms with Gasteiger partial charge in [-0.15, -0.1) is 0 Å². The summed E-state index contributed by atoms with van der Waals surface area (Å²) in [7, 11) is 0. The van der Waals surface area contributed by atoms with E-state index in [2.05, 4.69) is 5.32 Å². The van der Waals surface area contributed by atoms with Crippen LogP contribution in [0.5, 0.6) is 5.75 Å². The second kappa shape index (κ2) is 6.33. The summed E-state index contributed by atoms with van der Waals surface area (Å²) in [4.78, 5) is 23.2. The first kappa shape index (κ1) is 13.5. The zero-order valence-corrected chi connectivity index (χ0v) is 10.8. The fraction of sp³-hybridized carbons (Fsp3) is 0.429. The molecule has 1 atom stereocenters. The van der Waals surface area contributed by atoms with Crippen molar-refractivity contribution in [2.45, 2.75) is 25.9 Å². The number of para-hydroxylation sites is 1. The minimum absolute atomic E-state index is 0.146. The van der Waals surface area contributed by atoms with E-state index in [1.54, 1.807) is 12.1 Å². The zero-order chi connectivity index (χ0) is 13.7. The van der Waals surface area contributed by atoms with E-state index < -0.39 is 12.1 Å². The van der Waals surface area contributed by atoms with Gasteiger partial charge in [-0.2, -0.15) is 0 Å². The van der Waals surface area contributed by atoms with Gasteiger partial charge in [0.2, 0.25) is 5.91 Å². The second-order valence-corrected chi connectivity index (χ2v) is 4.46. The van der Waals surface area contributed by atoms with E-state index in [1.807, 2.05) is 19.1 Å². The van der Waals surface area contributed by atoms with E-state index in [9.17, 15) is 9.59 Å². The Morgan fingerprint density at radius 2 is 2.21 bits per heavy atom. The maximum Gasteiger partial charge on any atom is 0.330 e. The van der Waals surface area contributed by atoms with Crippen molar-refractivity contribution in [3.05, 3.63) is 29.8 Å². The standard InChI is InChI=1S/C14H17NO4/c1-10-5-2-3-6-11(10)19-13(16)9-15-14(17)12-7-4-8-18-12/h2-3,5-6,12H,4,7-9H2,1H3,(H,15,17). The number of carbonyl (C=O) groups is 2. The zero-order valence-electron chi connectivity index (χ0n) is 10.8. The quantitative estimate of drug-likeness (QED) is 0.654. The minimum Gasteiger partial charge on any atom is -0.425 e. The van der Waals surface area contributed by atoms with E-state index >= 15 is 0 Å². The summed E-state index contributed by atoms with van der Waals surface area (Å²) in [5.74, 6) is -0.223. The Hall–Kier alpha value is -1.88. The molecule has 1 fully saturated rings. The molecule has 0 spiro atoms. The molecule has 1 aromatic carbocycles. The lowest BCUT2D eigenvalue weighted by Gasteiger charge is -2.10. The molecule has 0 aliphatic carbocycles. The van der Waals surface area contributed by atoms with E-state index in [4.69, 9.17) is 9.47 Å². The number of esters is 1. The van der Waals surface area contributed by atoms with Crippen LogP contribution in [0.25, 0.3) is 0 Å². The van der Waals surface area contributed by atoms with Gasteiger partial charge in [0, 0.05) is 6.61 Å². The normalized spacial score (nSPS) is 18.1.